The van der Waals surface area contributed by atoms with Crippen LogP contribution in [0.1, 0.15) is 0 Å². The molecule has 1 atom stereocenters. The summed E-state index contributed by atoms with van der Waals surface area (Å²) in [6.45, 7) is 0. The molecule has 0 aliphatic rings. The van der Waals surface area contributed by atoms with Gasteiger partial charge in [-0.1, -0.05) is 23.7 Å². The van der Waals surface area contributed by atoms with Gasteiger partial charge in [-0.25, -0.2) is 4.39 Å². The topological polar surface area (TPSA) is 30.2 Å². The molecule has 0 spiro atoms. The van der Waals surface area contributed by atoms with Crippen LogP contribution in [-0.2, 0) is 10.8 Å². The summed E-state index contributed by atoms with van der Waals surface area (Å²) in [5, 5.41) is 1.23. The summed E-state index contributed by atoms with van der Waals surface area (Å²) in [6.07, 6.45) is 1.56. The summed E-state index contributed by atoms with van der Waals surface area (Å²) in [7, 11) is -1.27. The molecule has 102 valence electrons. The summed E-state index contributed by atoms with van der Waals surface area (Å²) >= 11 is 5.98. The molecular weight excluding hydrogens is 299 g/mol. The lowest BCUT2D eigenvalue weighted by atomic mass is 10.1. The van der Waals surface area contributed by atoms with Gasteiger partial charge in [0.1, 0.15) is 11.4 Å². The summed E-state index contributed by atoms with van der Waals surface area (Å²) in [6, 6.07) is 11.1. The number of furan rings is 1. The van der Waals surface area contributed by atoms with Crippen molar-refractivity contribution in [3.8, 4) is 11.3 Å². The molecule has 0 aliphatic carbocycles. The third kappa shape index (κ3) is 2.25. The van der Waals surface area contributed by atoms with E-state index >= 15 is 0 Å². The Morgan fingerprint density at radius 3 is 2.70 bits per heavy atom. The molecule has 3 aromatic rings. The van der Waals surface area contributed by atoms with E-state index in [0.717, 1.165) is 0 Å². The van der Waals surface area contributed by atoms with Gasteiger partial charge in [-0.15, -0.1) is 0 Å². The molecule has 1 aromatic heterocycles. The smallest absolute Gasteiger partial charge is 0.151 e. The van der Waals surface area contributed by atoms with Crippen LogP contribution in [0.2, 0.25) is 5.02 Å². The van der Waals surface area contributed by atoms with Crippen molar-refractivity contribution in [3.05, 3.63) is 53.3 Å². The van der Waals surface area contributed by atoms with Crippen LogP contribution in [0.15, 0.2) is 51.8 Å². The summed E-state index contributed by atoms with van der Waals surface area (Å²) in [5.74, 6) is 0.0522. The van der Waals surface area contributed by atoms with Crippen molar-refractivity contribution in [2.45, 2.75) is 4.90 Å². The van der Waals surface area contributed by atoms with Crippen LogP contribution < -0.4 is 0 Å². The van der Waals surface area contributed by atoms with Gasteiger partial charge in [0, 0.05) is 22.2 Å². The quantitative estimate of drug-likeness (QED) is 0.691. The monoisotopic (exact) mass is 308 g/mol. The number of halogens is 2. The van der Waals surface area contributed by atoms with E-state index in [4.69, 9.17) is 16.0 Å². The Morgan fingerprint density at radius 2 is 2.00 bits per heavy atom. The van der Waals surface area contributed by atoms with Gasteiger partial charge in [0.25, 0.3) is 0 Å². The van der Waals surface area contributed by atoms with E-state index in [2.05, 4.69) is 0 Å². The van der Waals surface area contributed by atoms with Crippen LogP contribution in [0.5, 0.6) is 0 Å². The number of hydrogen-bond acceptors (Lipinski definition) is 2. The maximum Gasteiger partial charge on any atom is 0.151 e. The zero-order valence-corrected chi connectivity index (χ0v) is 12.1. The third-order valence-electron chi connectivity index (χ3n) is 2.98. The van der Waals surface area contributed by atoms with Crippen molar-refractivity contribution >= 4 is 33.4 Å². The Balaban J connectivity index is 2.35. The van der Waals surface area contributed by atoms with Gasteiger partial charge in [0.2, 0.25) is 0 Å². The zero-order chi connectivity index (χ0) is 14.3. The van der Waals surface area contributed by atoms with Crippen molar-refractivity contribution in [2.75, 3.05) is 6.26 Å². The SMILES string of the molecule is C[S@@](=O)c1c(-c2cccc(F)c2)oc2ccc(Cl)cc12. The van der Waals surface area contributed by atoms with Crippen LogP contribution in [0.25, 0.3) is 22.3 Å². The molecule has 0 bridgehead atoms. The van der Waals surface area contributed by atoms with E-state index in [1.165, 1.54) is 12.1 Å². The van der Waals surface area contributed by atoms with Gasteiger partial charge in [-0.05, 0) is 30.3 Å². The maximum absolute atomic E-state index is 13.4. The van der Waals surface area contributed by atoms with E-state index in [-0.39, 0.29) is 5.82 Å². The lowest BCUT2D eigenvalue weighted by Crippen LogP contribution is -1.89. The normalized spacial score (nSPS) is 12.8. The van der Waals surface area contributed by atoms with Crippen LogP contribution in [0.3, 0.4) is 0 Å². The van der Waals surface area contributed by atoms with Gasteiger partial charge in [0.15, 0.2) is 5.76 Å². The predicted octanol–water partition coefficient (Wildman–Crippen LogP) is 4.63. The highest BCUT2D eigenvalue weighted by molar-refractivity contribution is 7.84. The van der Waals surface area contributed by atoms with Crippen LogP contribution in [0, 0.1) is 5.82 Å². The van der Waals surface area contributed by atoms with Crippen LogP contribution >= 0.6 is 11.6 Å². The van der Waals surface area contributed by atoms with E-state index in [1.54, 1.807) is 36.6 Å². The van der Waals surface area contributed by atoms with Gasteiger partial charge in [0.05, 0.1) is 15.7 Å². The average Bonchev–Trinajstić information content (AvgIpc) is 2.77. The lowest BCUT2D eigenvalue weighted by Gasteiger charge is -2.00. The molecular formula is C15H10ClFO2S. The first-order chi connectivity index (χ1) is 9.56. The first-order valence-corrected chi connectivity index (χ1v) is 7.81. The molecule has 0 aliphatic heterocycles. The Kier molecular flexibility index (Phi) is 3.36. The fourth-order valence-corrected chi connectivity index (χ4v) is 3.21. The molecule has 0 amide bonds. The standard InChI is InChI=1S/C15H10ClFO2S/c1-20(18)15-12-8-10(16)5-6-13(12)19-14(15)9-3-2-4-11(17)7-9/h2-8H,1H3/t20-/m1/s1. The highest BCUT2D eigenvalue weighted by atomic mass is 35.5. The Morgan fingerprint density at radius 1 is 1.20 bits per heavy atom. The highest BCUT2D eigenvalue weighted by Gasteiger charge is 2.19. The van der Waals surface area contributed by atoms with Gasteiger partial charge >= 0.3 is 0 Å². The first kappa shape index (κ1) is 13.3. The average molecular weight is 309 g/mol. The maximum atomic E-state index is 13.4. The fraction of sp³-hybridized carbons (Fsp3) is 0.0667. The highest BCUT2D eigenvalue weighted by Crippen LogP contribution is 2.36. The molecule has 0 fully saturated rings. The Hall–Kier alpha value is -1.65. The molecule has 2 nitrogen and oxygen atoms in total. The van der Waals surface area contributed by atoms with Crippen LogP contribution in [-0.4, -0.2) is 10.5 Å². The van der Waals surface area contributed by atoms with Gasteiger partial charge < -0.3 is 4.42 Å². The molecule has 2 aromatic carbocycles. The van der Waals surface area contributed by atoms with Crippen molar-refractivity contribution in [3.63, 3.8) is 0 Å². The molecule has 20 heavy (non-hydrogen) atoms. The fourth-order valence-electron chi connectivity index (χ4n) is 2.15. The molecule has 0 saturated heterocycles. The van der Waals surface area contributed by atoms with E-state index in [1.807, 2.05) is 0 Å². The molecule has 3 rings (SSSR count). The van der Waals surface area contributed by atoms with E-state index in [0.29, 0.717) is 32.2 Å². The first-order valence-electron chi connectivity index (χ1n) is 5.87. The van der Waals surface area contributed by atoms with E-state index < -0.39 is 10.8 Å². The second-order valence-electron chi connectivity index (χ2n) is 4.37. The molecule has 1 heterocycles. The minimum absolute atomic E-state index is 0.367. The minimum Gasteiger partial charge on any atom is -0.455 e. The summed E-state index contributed by atoms with van der Waals surface area (Å²) in [4.78, 5) is 0.535. The Bertz CT molecular complexity index is 826. The minimum atomic E-state index is -1.27. The molecule has 0 unspecified atom stereocenters. The van der Waals surface area contributed by atoms with Crippen molar-refractivity contribution in [2.24, 2.45) is 0 Å². The predicted molar refractivity (Wildman–Crippen MR) is 79.0 cm³/mol. The van der Waals surface area contributed by atoms with Gasteiger partial charge in [-0.3, -0.25) is 4.21 Å². The van der Waals surface area contributed by atoms with Crippen LogP contribution in [0.4, 0.5) is 4.39 Å². The third-order valence-corrected chi connectivity index (χ3v) is 4.19. The van der Waals surface area contributed by atoms with E-state index in [9.17, 15) is 8.60 Å². The largest absolute Gasteiger partial charge is 0.455 e. The molecule has 5 heteroatoms. The van der Waals surface area contributed by atoms with Crippen molar-refractivity contribution in [1.29, 1.82) is 0 Å². The van der Waals surface area contributed by atoms with Crippen molar-refractivity contribution in [1.82, 2.24) is 0 Å². The van der Waals surface area contributed by atoms with Crippen molar-refractivity contribution < 1.29 is 13.0 Å². The number of hydrogen-bond donors (Lipinski definition) is 0. The summed E-state index contributed by atoms with van der Waals surface area (Å²) < 4.78 is 31.1. The summed E-state index contributed by atoms with van der Waals surface area (Å²) in [5.41, 5.74) is 1.14. The molecule has 0 saturated carbocycles. The second kappa shape index (κ2) is 5.04. The number of rotatable bonds is 2. The molecule has 0 radical (unpaired) electrons. The lowest BCUT2D eigenvalue weighted by molar-refractivity contribution is 0.613. The zero-order valence-electron chi connectivity index (χ0n) is 10.5. The Labute approximate surface area is 122 Å². The van der Waals surface area contributed by atoms with Gasteiger partial charge in [-0.2, -0.15) is 0 Å². The number of fused-ring (bicyclic) bond motifs is 1. The number of benzene rings is 2. The second-order valence-corrected chi connectivity index (χ2v) is 6.12. The molecule has 0 N–H and O–H groups in total.